The molecule has 0 aromatic heterocycles. The monoisotopic (exact) mass is 429 g/mol. The molecule has 0 spiro atoms. The molecule has 31 heavy (non-hydrogen) atoms. The number of amides is 2. The summed E-state index contributed by atoms with van der Waals surface area (Å²) in [6.07, 6.45) is 1.30. The maximum Gasteiger partial charge on any atom is 0.286 e. The summed E-state index contributed by atoms with van der Waals surface area (Å²) in [6.45, 7) is 6.33. The van der Waals surface area contributed by atoms with Gasteiger partial charge in [-0.25, -0.2) is 0 Å². The molecule has 5 heteroatoms. The Kier molecular flexibility index (Phi) is 6.23. The number of benzene rings is 3. The van der Waals surface area contributed by atoms with Crippen molar-refractivity contribution in [3.05, 3.63) is 102 Å². The van der Waals surface area contributed by atoms with Gasteiger partial charge in [-0.2, -0.15) is 0 Å². The Morgan fingerprint density at radius 3 is 2.35 bits per heavy atom. The van der Waals surface area contributed by atoms with Gasteiger partial charge in [0.25, 0.3) is 5.24 Å². The molecule has 2 amide bonds. The summed E-state index contributed by atoms with van der Waals surface area (Å²) in [7, 11) is 0. The first-order chi connectivity index (χ1) is 15.0. The molecule has 0 aliphatic carbocycles. The van der Waals surface area contributed by atoms with Crippen LogP contribution in [0.4, 0.5) is 4.79 Å². The first-order valence-corrected chi connectivity index (χ1v) is 11.0. The van der Waals surface area contributed by atoms with Gasteiger partial charge in [-0.05, 0) is 66.3 Å². The predicted octanol–water partition coefficient (Wildman–Crippen LogP) is 5.94. The molecule has 1 aliphatic rings. The lowest BCUT2D eigenvalue weighted by molar-refractivity contribution is -0.118. The first-order valence-electron chi connectivity index (χ1n) is 10.1. The molecule has 3 aromatic rings. The van der Waals surface area contributed by atoms with Gasteiger partial charge in [-0.15, -0.1) is 0 Å². The molecule has 1 unspecified atom stereocenters. The number of hydrogen-bond acceptors (Lipinski definition) is 4. The Hall–Kier alpha value is -3.31. The van der Waals surface area contributed by atoms with Crippen LogP contribution in [0.25, 0.3) is 5.57 Å². The molecule has 1 heterocycles. The number of thioether (sulfide) groups is 1. The first kappa shape index (κ1) is 20.9. The number of carbonyl (C=O) groups excluding carboxylic acids is 2. The van der Waals surface area contributed by atoms with Gasteiger partial charge >= 0.3 is 0 Å². The molecule has 156 valence electrons. The molecule has 1 saturated heterocycles. The molecule has 1 atom stereocenters. The van der Waals surface area contributed by atoms with Crippen molar-refractivity contribution in [2.45, 2.75) is 25.0 Å². The van der Waals surface area contributed by atoms with Crippen molar-refractivity contribution in [1.82, 2.24) is 5.32 Å². The number of aryl methyl sites for hydroxylation is 1. The van der Waals surface area contributed by atoms with Gasteiger partial charge in [0.1, 0.15) is 11.5 Å². The summed E-state index contributed by atoms with van der Waals surface area (Å²) in [5, 5.41) is 1.67. The third-order valence-electron chi connectivity index (χ3n) is 5.13. The van der Waals surface area contributed by atoms with Gasteiger partial charge in [0.05, 0.1) is 5.25 Å². The standard InChI is InChI=1S/C26H23NO3S/c1-17-6-8-19(9-7-17)14-18(2)21-4-3-5-23(16-21)30-22-12-10-20(11-13-22)15-24-25(28)27-26(29)31-24/h3-13,16,24H,2,14-15H2,1H3,(H,27,28,29). The number of carbonyl (C=O) groups is 2. The summed E-state index contributed by atoms with van der Waals surface area (Å²) in [6, 6.07) is 24.0. The van der Waals surface area contributed by atoms with Crippen LogP contribution >= 0.6 is 11.8 Å². The maximum absolute atomic E-state index is 11.7. The van der Waals surface area contributed by atoms with Crippen LogP contribution in [0.2, 0.25) is 0 Å². The van der Waals surface area contributed by atoms with E-state index >= 15 is 0 Å². The van der Waals surface area contributed by atoms with Crippen LogP contribution in [0, 0.1) is 6.92 Å². The number of nitrogens with one attached hydrogen (secondary N) is 1. The second-order valence-electron chi connectivity index (χ2n) is 7.63. The highest BCUT2D eigenvalue weighted by atomic mass is 32.2. The van der Waals surface area contributed by atoms with Crippen LogP contribution in [-0.4, -0.2) is 16.4 Å². The molecule has 0 radical (unpaired) electrons. The molecule has 0 saturated carbocycles. The average molecular weight is 430 g/mol. The van der Waals surface area contributed by atoms with Crippen LogP contribution < -0.4 is 10.1 Å². The fraction of sp³-hybridized carbons (Fsp3) is 0.154. The summed E-state index contributed by atoms with van der Waals surface area (Å²) >= 11 is 1.04. The minimum atomic E-state index is -0.365. The number of ether oxygens (including phenoxy) is 1. The van der Waals surface area contributed by atoms with E-state index in [1.807, 2.05) is 48.5 Å². The van der Waals surface area contributed by atoms with Crippen LogP contribution in [0.3, 0.4) is 0 Å². The zero-order chi connectivity index (χ0) is 21.8. The lowest BCUT2D eigenvalue weighted by Gasteiger charge is -2.11. The molecular weight excluding hydrogens is 406 g/mol. The average Bonchev–Trinajstić information content (AvgIpc) is 3.08. The minimum absolute atomic E-state index is 0.224. The van der Waals surface area contributed by atoms with E-state index in [1.165, 1.54) is 11.1 Å². The highest BCUT2D eigenvalue weighted by molar-refractivity contribution is 8.15. The smallest absolute Gasteiger partial charge is 0.286 e. The van der Waals surface area contributed by atoms with Gasteiger partial charge in [0, 0.05) is 0 Å². The van der Waals surface area contributed by atoms with E-state index in [0.717, 1.165) is 40.6 Å². The van der Waals surface area contributed by atoms with Crippen molar-refractivity contribution in [2.24, 2.45) is 0 Å². The van der Waals surface area contributed by atoms with E-state index in [9.17, 15) is 9.59 Å². The van der Waals surface area contributed by atoms with Gasteiger partial charge in [0.2, 0.25) is 5.91 Å². The zero-order valence-electron chi connectivity index (χ0n) is 17.3. The van der Waals surface area contributed by atoms with E-state index in [2.05, 4.69) is 43.1 Å². The molecule has 1 fully saturated rings. The second kappa shape index (κ2) is 9.23. The summed E-state index contributed by atoms with van der Waals surface area (Å²) in [5.74, 6) is 1.23. The number of allylic oxidation sites excluding steroid dienone is 1. The third kappa shape index (κ3) is 5.44. The fourth-order valence-corrected chi connectivity index (χ4v) is 4.26. The fourth-order valence-electron chi connectivity index (χ4n) is 3.41. The SMILES string of the molecule is C=C(Cc1ccc(C)cc1)c1cccc(Oc2ccc(CC3SC(=O)NC3=O)cc2)c1. The molecule has 3 aromatic carbocycles. The van der Waals surface area contributed by atoms with E-state index in [-0.39, 0.29) is 16.4 Å². The third-order valence-corrected chi connectivity index (χ3v) is 6.11. The highest BCUT2D eigenvalue weighted by Crippen LogP contribution is 2.28. The second-order valence-corrected chi connectivity index (χ2v) is 8.80. The van der Waals surface area contributed by atoms with Gasteiger partial charge < -0.3 is 4.74 Å². The Labute approximate surface area is 186 Å². The van der Waals surface area contributed by atoms with E-state index in [1.54, 1.807) is 0 Å². The Morgan fingerprint density at radius 1 is 0.968 bits per heavy atom. The molecule has 4 rings (SSSR count). The molecule has 1 N–H and O–H groups in total. The largest absolute Gasteiger partial charge is 0.457 e. The van der Waals surface area contributed by atoms with Crippen LogP contribution in [0.5, 0.6) is 11.5 Å². The van der Waals surface area contributed by atoms with E-state index < -0.39 is 0 Å². The Balaban J connectivity index is 1.39. The Bertz CT molecular complexity index is 1120. The normalized spacial score (nSPS) is 15.6. The van der Waals surface area contributed by atoms with Crippen molar-refractivity contribution < 1.29 is 14.3 Å². The minimum Gasteiger partial charge on any atom is -0.457 e. The topological polar surface area (TPSA) is 55.4 Å². The van der Waals surface area contributed by atoms with Gasteiger partial charge in [-0.3, -0.25) is 14.9 Å². The predicted molar refractivity (Wildman–Crippen MR) is 125 cm³/mol. The van der Waals surface area contributed by atoms with Crippen molar-refractivity contribution in [3.63, 3.8) is 0 Å². The number of rotatable bonds is 7. The van der Waals surface area contributed by atoms with E-state index in [0.29, 0.717) is 12.2 Å². The van der Waals surface area contributed by atoms with Crippen molar-refractivity contribution in [1.29, 1.82) is 0 Å². The molecule has 4 nitrogen and oxygen atoms in total. The quantitative estimate of drug-likeness (QED) is 0.505. The molecular formula is C26H23NO3S. The lowest BCUT2D eigenvalue weighted by atomic mass is 9.99. The Morgan fingerprint density at radius 2 is 1.68 bits per heavy atom. The van der Waals surface area contributed by atoms with Crippen molar-refractivity contribution in [2.75, 3.05) is 0 Å². The summed E-state index contributed by atoms with van der Waals surface area (Å²) < 4.78 is 6.02. The van der Waals surface area contributed by atoms with Gasteiger partial charge in [-0.1, -0.05) is 72.4 Å². The number of imide groups is 1. The van der Waals surface area contributed by atoms with Gasteiger partial charge in [0.15, 0.2) is 0 Å². The van der Waals surface area contributed by atoms with Crippen LogP contribution in [0.15, 0.2) is 79.4 Å². The maximum atomic E-state index is 11.7. The van der Waals surface area contributed by atoms with Crippen LogP contribution in [0.1, 0.15) is 22.3 Å². The zero-order valence-corrected chi connectivity index (χ0v) is 18.1. The van der Waals surface area contributed by atoms with Crippen molar-refractivity contribution in [3.8, 4) is 11.5 Å². The van der Waals surface area contributed by atoms with E-state index in [4.69, 9.17) is 4.74 Å². The number of hydrogen-bond donors (Lipinski definition) is 1. The lowest BCUT2D eigenvalue weighted by Crippen LogP contribution is -2.25. The summed E-state index contributed by atoms with van der Waals surface area (Å²) in [4.78, 5) is 23.0. The molecule has 0 bridgehead atoms. The molecule has 1 aliphatic heterocycles. The van der Waals surface area contributed by atoms with Crippen LogP contribution in [-0.2, 0) is 17.6 Å². The highest BCUT2D eigenvalue weighted by Gasteiger charge is 2.31. The summed E-state index contributed by atoms with van der Waals surface area (Å²) in [5.41, 5.74) is 5.54. The van der Waals surface area contributed by atoms with Crippen molar-refractivity contribution >= 4 is 28.5 Å².